The molecular weight excluding hydrogens is 124 g/mol. The summed E-state index contributed by atoms with van der Waals surface area (Å²) in [5.41, 5.74) is 0.392. The fourth-order valence-corrected chi connectivity index (χ4v) is 1.33. The summed E-state index contributed by atoms with van der Waals surface area (Å²) in [7, 11) is 0. The number of hydrogen-bond acceptors (Lipinski definition) is 2. The smallest absolute Gasteiger partial charge is 0.0163 e. The zero-order valence-electron chi connectivity index (χ0n) is 7.04. The molecule has 0 aromatic carbocycles. The highest BCUT2D eigenvalue weighted by molar-refractivity contribution is 4.84. The molecule has 0 aromatic rings. The van der Waals surface area contributed by atoms with E-state index in [0.717, 1.165) is 19.6 Å². The first-order chi connectivity index (χ1) is 4.77. The standard InChI is InChI=1S/C8H18N2/c1-3-8(2)4-5-9-6-7-10-8/h9-10H,3-7H2,1-2H3. The molecule has 10 heavy (non-hydrogen) atoms. The molecule has 2 N–H and O–H groups in total. The van der Waals surface area contributed by atoms with Crippen molar-refractivity contribution in [3.8, 4) is 0 Å². The van der Waals surface area contributed by atoms with Crippen molar-refractivity contribution in [1.29, 1.82) is 0 Å². The third kappa shape index (κ3) is 1.96. The van der Waals surface area contributed by atoms with Crippen molar-refractivity contribution in [1.82, 2.24) is 10.6 Å². The minimum Gasteiger partial charge on any atom is -0.315 e. The molecule has 0 amide bonds. The molecule has 1 aliphatic heterocycles. The largest absolute Gasteiger partial charge is 0.315 e. The lowest BCUT2D eigenvalue weighted by Crippen LogP contribution is -2.41. The Labute approximate surface area is 63.4 Å². The number of hydrogen-bond donors (Lipinski definition) is 2. The molecule has 1 atom stereocenters. The van der Waals surface area contributed by atoms with Crippen molar-refractivity contribution in [3.63, 3.8) is 0 Å². The van der Waals surface area contributed by atoms with Crippen LogP contribution in [0, 0.1) is 0 Å². The predicted octanol–water partition coefficient (Wildman–Crippen LogP) is 0.738. The summed E-state index contributed by atoms with van der Waals surface area (Å²) in [4.78, 5) is 0. The fourth-order valence-electron chi connectivity index (χ4n) is 1.33. The second-order valence-corrected chi connectivity index (χ2v) is 3.34. The molecule has 1 rings (SSSR count). The van der Waals surface area contributed by atoms with E-state index < -0.39 is 0 Å². The third-order valence-electron chi connectivity index (χ3n) is 2.49. The van der Waals surface area contributed by atoms with Crippen molar-refractivity contribution in [3.05, 3.63) is 0 Å². The van der Waals surface area contributed by atoms with E-state index in [0.29, 0.717) is 5.54 Å². The Hall–Kier alpha value is -0.0800. The van der Waals surface area contributed by atoms with E-state index in [-0.39, 0.29) is 0 Å². The van der Waals surface area contributed by atoms with Gasteiger partial charge in [0.2, 0.25) is 0 Å². The Morgan fingerprint density at radius 2 is 2.10 bits per heavy atom. The van der Waals surface area contributed by atoms with E-state index in [1.165, 1.54) is 12.8 Å². The number of nitrogens with one attached hydrogen (secondary N) is 2. The lowest BCUT2D eigenvalue weighted by molar-refractivity contribution is 0.345. The normalized spacial score (nSPS) is 35.4. The molecule has 2 heteroatoms. The van der Waals surface area contributed by atoms with Crippen LogP contribution in [0.3, 0.4) is 0 Å². The third-order valence-corrected chi connectivity index (χ3v) is 2.49. The van der Waals surface area contributed by atoms with E-state index in [1.54, 1.807) is 0 Å². The summed E-state index contributed by atoms with van der Waals surface area (Å²) in [6.07, 6.45) is 2.48. The van der Waals surface area contributed by atoms with Crippen molar-refractivity contribution in [2.75, 3.05) is 19.6 Å². The monoisotopic (exact) mass is 142 g/mol. The Bertz CT molecular complexity index is 93.4. The lowest BCUT2D eigenvalue weighted by Gasteiger charge is -2.27. The van der Waals surface area contributed by atoms with Crippen molar-refractivity contribution >= 4 is 0 Å². The SMILES string of the molecule is CCC1(C)CCNCCN1. The maximum absolute atomic E-state index is 3.55. The van der Waals surface area contributed by atoms with Gasteiger partial charge in [0.1, 0.15) is 0 Å². The van der Waals surface area contributed by atoms with E-state index in [1.807, 2.05) is 0 Å². The van der Waals surface area contributed by atoms with Gasteiger partial charge in [-0.3, -0.25) is 0 Å². The quantitative estimate of drug-likeness (QED) is 0.564. The van der Waals surface area contributed by atoms with E-state index >= 15 is 0 Å². The summed E-state index contributed by atoms with van der Waals surface area (Å²) >= 11 is 0. The molecule has 1 heterocycles. The summed E-state index contributed by atoms with van der Waals surface area (Å²) < 4.78 is 0. The molecular formula is C8H18N2. The molecule has 1 saturated heterocycles. The molecule has 0 spiro atoms. The van der Waals surface area contributed by atoms with Gasteiger partial charge in [0.25, 0.3) is 0 Å². The molecule has 0 aliphatic carbocycles. The summed E-state index contributed by atoms with van der Waals surface area (Å²) in [6.45, 7) is 7.95. The maximum atomic E-state index is 3.55. The van der Waals surface area contributed by atoms with E-state index in [2.05, 4.69) is 24.5 Å². The molecule has 0 saturated carbocycles. The van der Waals surface area contributed by atoms with Gasteiger partial charge >= 0.3 is 0 Å². The van der Waals surface area contributed by atoms with Gasteiger partial charge in [-0.1, -0.05) is 6.92 Å². The van der Waals surface area contributed by atoms with Gasteiger partial charge in [-0.25, -0.2) is 0 Å². The summed E-state index contributed by atoms with van der Waals surface area (Å²) in [5.74, 6) is 0. The van der Waals surface area contributed by atoms with Gasteiger partial charge in [-0.05, 0) is 26.3 Å². The highest BCUT2D eigenvalue weighted by Gasteiger charge is 2.21. The molecule has 0 radical (unpaired) electrons. The van der Waals surface area contributed by atoms with Gasteiger partial charge in [0.05, 0.1) is 0 Å². The minimum atomic E-state index is 0.392. The average molecular weight is 142 g/mol. The zero-order chi connectivity index (χ0) is 7.45. The van der Waals surface area contributed by atoms with Crippen LogP contribution in [0.2, 0.25) is 0 Å². The van der Waals surface area contributed by atoms with Crippen LogP contribution in [0.25, 0.3) is 0 Å². The van der Waals surface area contributed by atoms with Crippen LogP contribution in [-0.4, -0.2) is 25.2 Å². The number of rotatable bonds is 1. The van der Waals surface area contributed by atoms with Gasteiger partial charge in [-0.2, -0.15) is 0 Å². The first-order valence-corrected chi connectivity index (χ1v) is 4.22. The van der Waals surface area contributed by atoms with Crippen LogP contribution in [0.4, 0.5) is 0 Å². The van der Waals surface area contributed by atoms with Crippen LogP contribution < -0.4 is 10.6 Å². The molecule has 1 unspecified atom stereocenters. The Morgan fingerprint density at radius 1 is 1.30 bits per heavy atom. The first-order valence-electron chi connectivity index (χ1n) is 4.22. The van der Waals surface area contributed by atoms with E-state index in [4.69, 9.17) is 0 Å². The molecule has 1 aliphatic rings. The van der Waals surface area contributed by atoms with Gasteiger partial charge in [0.15, 0.2) is 0 Å². The topological polar surface area (TPSA) is 24.1 Å². The fraction of sp³-hybridized carbons (Fsp3) is 1.00. The van der Waals surface area contributed by atoms with Gasteiger partial charge in [0, 0.05) is 18.6 Å². The maximum Gasteiger partial charge on any atom is 0.0163 e. The van der Waals surface area contributed by atoms with E-state index in [9.17, 15) is 0 Å². The average Bonchev–Trinajstić information content (AvgIpc) is 2.15. The summed E-state index contributed by atoms with van der Waals surface area (Å²) in [5, 5.41) is 6.92. The Morgan fingerprint density at radius 3 is 2.80 bits per heavy atom. The molecule has 0 bridgehead atoms. The highest BCUT2D eigenvalue weighted by Crippen LogP contribution is 2.13. The van der Waals surface area contributed by atoms with Crippen LogP contribution >= 0.6 is 0 Å². The predicted molar refractivity (Wildman–Crippen MR) is 44.2 cm³/mol. The van der Waals surface area contributed by atoms with Crippen molar-refractivity contribution < 1.29 is 0 Å². The molecule has 2 nitrogen and oxygen atoms in total. The molecule has 1 fully saturated rings. The summed E-state index contributed by atoms with van der Waals surface area (Å²) in [6, 6.07) is 0. The van der Waals surface area contributed by atoms with Crippen LogP contribution in [0.5, 0.6) is 0 Å². The zero-order valence-corrected chi connectivity index (χ0v) is 7.04. The Balaban J connectivity index is 2.41. The first kappa shape index (κ1) is 8.02. The van der Waals surface area contributed by atoms with Gasteiger partial charge < -0.3 is 10.6 Å². The molecule has 0 aromatic heterocycles. The second kappa shape index (κ2) is 3.35. The van der Waals surface area contributed by atoms with Crippen LogP contribution in [0.1, 0.15) is 26.7 Å². The van der Waals surface area contributed by atoms with Crippen molar-refractivity contribution in [2.24, 2.45) is 0 Å². The van der Waals surface area contributed by atoms with Gasteiger partial charge in [-0.15, -0.1) is 0 Å². The Kier molecular flexibility index (Phi) is 2.69. The van der Waals surface area contributed by atoms with Crippen LogP contribution in [0.15, 0.2) is 0 Å². The second-order valence-electron chi connectivity index (χ2n) is 3.34. The van der Waals surface area contributed by atoms with Crippen molar-refractivity contribution in [2.45, 2.75) is 32.2 Å². The minimum absolute atomic E-state index is 0.392. The lowest BCUT2D eigenvalue weighted by atomic mass is 9.95. The molecule has 60 valence electrons. The van der Waals surface area contributed by atoms with Crippen LogP contribution in [-0.2, 0) is 0 Å². The highest BCUT2D eigenvalue weighted by atomic mass is 15.0.